The van der Waals surface area contributed by atoms with Gasteiger partial charge in [0.25, 0.3) is 0 Å². The zero-order valence-electron chi connectivity index (χ0n) is 26.5. The van der Waals surface area contributed by atoms with Crippen molar-refractivity contribution in [2.75, 3.05) is 4.90 Å². The number of nitrogens with zero attached hydrogens (tertiary/aromatic N) is 1. The maximum absolute atomic E-state index is 6.36. The number of para-hydroxylation sites is 2. The topological polar surface area (TPSA) is 25.6 Å². The summed E-state index contributed by atoms with van der Waals surface area (Å²) in [5, 5.41) is 4.55. The van der Waals surface area contributed by atoms with E-state index in [0.29, 0.717) is 0 Å². The first-order valence-electron chi connectivity index (χ1n) is 16.6. The first-order valence-corrected chi connectivity index (χ1v) is 16.6. The molecule has 0 fully saturated rings. The number of rotatable bonds is 5. The van der Waals surface area contributed by atoms with Crippen molar-refractivity contribution < 1.29 is 9.15 Å². The Morgan fingerprint density at radius 3 is 1.82 bits per heavy atom. The van der Waals surface area contributed by atoms with E-state index in [9.17, 15) is 0 Å². The summed E-state index contributed by atoms with van der Waals surface area (Å²) in [6, 6.07) is 62.1. The van der Waals surface area contributed by atoms with E-state index >= 15 is 0 Å². The molecule has 3 heteroatoms. The van der Waals surface area contributed by atoms with Crippen molar-refractivity contribution in [3.8, 4) is 44.9 Å². The second-order valence-corrected chi connectivity index (χ2v) is 12.5. The van der Waals surface area contributed by atoms with Crippen LogP contribution in [0.3, 0.4) is 0 Å². The second-order valence-electron chi connectivity index (χ2n) is 12.5. The van der Waals surface area contributed by atoms with Gasteiger partial charge < -0.3 is 14.1 Å². The van der Waals surface area contributed by atoms with Gasteiger partial charge in [0, 0.05) is 38.8 Å². The highest BCUT2D eigenvalue weighted by Crippen LogP contribution is 2.49. The van der Waals surface area contributed by atoms with Crippen LogP contribution in [0.5, 0.6) is 11.5 Å². The summed E-state index contributed by atoms with van der Waals surface area (Å²) < 4.78 is 12.5. The van der Waals surface area contributed by atoms with Crippen molar-refractivity contribution in [2.45, 2.75) is 0 Å². The highest BCUT2D eigenvalue weighted by atomic mass is 16.5. The van der Waals surface area contributed by atoms with Crippen molar-refractivity contribution in [1.82, 2.24) is 0 Å². The van der Waals surface area contributed by atoms with E-state index in [4.69, 9.17) is 9.15 Å². The minimum Gasteiger partial charge on any atom is -0.456 e. The molecule has 8 aromatic carbocycles. The summed E-state index contributed by atoms with van der Waals surface area (Å²) >= 11 is 0. The Morgan fingerprint density at radius 2 is 0.980 bits per heavy atom. The Hall–Kier alpha value is -6.58. The molecule has 230 valence electrons. The zero-order valence-corrected chi connectivity index (χ0v) is 26.5. The fraction of sp³-hybridized carbons (Fsp3) is 0. The van der Waals surface area contributed by atoms with Gasteiger partial charge in [-0.2, -0.15) is 0 Å². The number of hydrogen-bond donors (Lipinski definition) is 0. The van der Waals surface area contributed by atoms with Gasteiger partial charge in [-0.1, -0.05) is 115 Å². The highest BCUT2D eigenvalue weighted by molar-refractivity contribution is 6.10. The van der Waals surface area contributed by atoms with Crippen LogP contribution in [0.2, 0.25) is 0 Å². The van der Waals surface area contributed by atoms with Crippen LogP contribution < -0.4 is 9.64 Å². The monoisotopic (exact) mass is 627 g/mol. The minimum absolute atomic E-state index is 0.883. The van der Waals surface area contributed by atoms with Gasteiger partial charge in [0.1, 0.15) is 22.7 Å². The predicted molar refractivity (Wildman–Crippen MR) is 202 cm³/mol. The van der Waals surface area contributed by atoms with Crippen LogP contribution in [0, 0.1) is 0 Å². The molecule has 1 aliphatic rings. The van der Waals surface area contributed by atoms with Gasteiger partial charge in [-0.15, -0.1) is 0 Å². The van der Waals surface area contributed by atoms with Crippen molar-refractivity contribution >= 4 is 49.8 Å². The van der Waals surface area contributed by atoms with Crippen LogP contribution in [-0.2, 0) is 0 Å². The van der Waals surface area contributed by atoms with E-state index in [-0.39, 0.29) is 0 Å². The van der Waals surface area contributed by atoms with Crippen molar-refractivity contribution in [1.29, 1.82) is 0 Å². The molecule has 0 N–H and O–H groups in total. The number of hydrogen-bond acceptors (Lipinski definition) is 3. The quantitative estimate of drug-likeness (QED) is 0.190. The van der Waals surface area contributed by atoms with Crippen LogP contribution in [0.4, 0.5) is 17.1 Å². The van der Waals surface area contributed by atoms with Gasteiger partial charge in [0.05, 0.1) is 0 Å². The molecule has 0 saturated heterocycles. The Balaban J connectivity index is 1.09. The molecule has 3 nitrogen and oxygen atoms in total. The van der Waals surface area contributed by atoms with E-state index in [2.05, 4.69) is 157 Å². The molecule has 9 aromatic rings. The molecule has 1 aliphatic heterocycles. The van der Waals surface area contributed by atoms with E-state index in [1.54, 1.807) is 0 Å². The number of benzene rings is 8. The lowest BCUT2D eigenvalue weighted by Crippen LogP contribution is -2.09. The average Bonchev–Trinajstić information content (AvgIpc) is 3.54. The highest BCUT2D eigenvalue weighted by Gasteiger charge is 2.22. The summed E-state index contributed by atoms with van der Waals surface area (Å²) in [6.45, 7) is 0. The summed E-state index contributed by atoms with van der Waals surface area (Å²) in [7, 11) is 0. The fourth-order valence-electron chi connectivity index (χ4n) is 7.36. The summed E-state index contributed by atoms with van der Waals surface area (Å²) in [5.74, 6) is 1.80. The van der Waals surface area contributed by atoms with Crippen molar-refractivity contribution in [3.05, 3.63) is 176 Å². The molecular weight excluding hydrogens is 599 g/mol. The van der Waals surface area contributed by atoms with Crippen LogP contribution in [0.1, 0.15) is 0 Å². The smallest absolute Gasteiger partial charge is 0.135 e. The molecular formula is C46H29NO2. The van der Waals surface area contributed by atoms with Gasteiger partial charge in [-0.25, -0.2) is 0 Å². The Kier molecular flexibility index (Phi) is 6.18. The van der Waals surface area contributed by atoms with Crippen molar-refractivity contribution in [3.63, 3.8) is 0 Å². The van der Waals surface area contributed by atoms with Crippen LogP contribution in [0.15, 0.2) is 180 Å². The van der Waals surface area contributed by atoms with Gasteiger partial charge in [-0.05, 0) is 93.9 Å². The van der Waals surface area contributed by atoms with E-state index in [0.717, 1.165) is 67.0 Å². The molecule has 0 aliphatic carbocycles. The summed E-state index contributed by atoms with van der Waals surface area (Å²) in [6.07, 6.45) is 0. The molecule has 0 unspecified atom stereocenters. The van der Waals surface area contributed by atoms with Crippen LogP contribution in [-0.4, -0.2) is 0 Å². The molecule has 0 atom stereocenters. The number of fused-ring (bicyclic) bond motifs is 5. The Morgan fingerprint density at radius 1 is 0.347 bits per heavy atom. The first-order chi connectivity index (χ1) is 24.3. The third-order valence-electron chi connectivity index (χ3n) is 9.69. The summed E-state index contributed by atoms with van der Waals surface area (Å²) in [5.41, 5.74) is 12.1. The maximum Gasteiger partial charge on any atom is 0.135 e. The first kappa shape index (κ1) is 27.5. The van der Waals surface area contributed by atoms with E-state index in [1.807, 2.05) is 24.3 Å². The number of anilines is 3. The van der Waals surface area contributed by atoms with E-state index in [1.165, 1.54) is 27.6 Å². The third-order valence-corrected chi connectivity index (χ3v) is 9.69. The Labute approximate surface area is 283 Å². The number of furan rings is 1. The molecule has 0 spiro atoms. The normalized spacial score (nSPS) is 11.8. The number of ether oxygens (including phenoxy) is 1. The van der Waals surface area contributed by atoms with Crippen molar-refractivity contribution in [2.24, 2.45) is 0 Å². The molecule has 1 aromatic heterocycles. The van der Waals surface area contributed by atoms with Gasteiger partial charge in [0.15, 0.2) is 0 Å². The molecule has 0 radical (unpaired) electrons. The minimum atomic E-state index is 0.883. The largest absolute Gasteiger partial charge is 0.456 e. The second kappa shape index (κ2) is 11.0. The van der Waals surface area contributed by atoms with Gasteiger partial charge in [0.2, 0.25) is 0 Å². The molecule has 49 heavy (non-hydrogen) atoms. The molecule has 2 heterocycles. The lowest BCUT2D eigenvalue weighted by molar-refractivity contribution is 0.487. The van der Waals surface area contributed by atoms with Crippen LogP contribution >= 0.6 is 0 Å². The fourth-order valence-corrected chi connectivity index (χ4v) is 7.36. The molecule has 0 amide bonds. The lowest BCUT2D eigenvalue weighted by Gasteiger charge is -2.26. The summed E-state index contributed by atoms with van der Waals surface area (Å²) in [4.78, 5) is 2.32. The molecule has 0 saturated carbocycles. The SMILES string of the molecule is c1ccc(-c2ccc(N(c3ccc(-c4ccc5c6c(cccc46)-c4ccccc4O5)cc3)c3ccc4oc5ccccc5c4c3)cc2)cc1. The zero-order chi connectivity index (χ0) is 32.3. The average molecular weight is 628 g/mol. The molecule has 0 bridgehead atoms. The third kappa shape index (κ3) is 4.51. The molecule has 10 rings (SSSR count). The van der Waals surface area contributed by atoms with E-state index < -0.39 is 0 Å². The predicted octanol–water partition coefficient (Wildman–Crippen LogP) is 13.3. The van der Waals surface area contributed by atoms with Gasteiger partial charge >= 0.3 is 0 Å². The van der Waals surface area contributed by atoms with Gasteiger partial charge in [-0.3, -0.25) is 0 Å². The Bertz CT molecular complexity index is 2670. The standard InChI is InChI=1S/C46H29NO2/c1-2-9-30(10-3-1)31-17-21-33(22-18-31)47(35-25-27-44-41(29-35)38-12-5-7-16-43(38)48-44)34-23-19-32(20-24-34)36-26-28-45-46-39(36)13-8-14-40(46)37-11-4-6-15-42(37)49-45/h1-29H. The maximum atomic E-state index is 6.36. The van der Waals surface area contributed by atoms with Crippen LogP contribution in [0.25, 0.3) is 66.1 Å². The lowest BCUT2D eigenvalue weighted by atomic mass is 9.90.